The number of benzene rings is 1. The van der Waals surface area contributed by atoms with Crippen LogP contribution in [0.15, 0.2) is 65.1 Å². The van der Waals surface area contributed by atoms with Crippen molar-refractivity contribution in [3.63, 3.8) is 0 Å². The summed E-state index contributed by atoms with van der Waals surface area (Å²) in [5.74, 6) is 0. The fraction of sp³-hybridized carbons (Fsp3) is 0.143. The quantitative estimate of drug-likeness (QED) is 0.501. The van der Waals surface area contributed by atoms with E-state index in [4.69, 9.17) is 10.0 Å². The Hall–Kier alpha value is -2.44. The number of hydroxylamine groups is 2. The molecule has 0 aliphatic carbocycles. The SMILES string of the molecule is C=C(C=NN=C(C)C(=C)NOCc1ccccc1)NO. The molecule has 0 spiro atoms. The van der Waals surface area contributed by atoms with Crippen molar-refractivity contribution in [1.82, 2.24) is 11.0 Å². The molecule has 0 unspecified atom stereocenters. The highest BCUT2D eigenvalue weighted by Crippen LogP contribution is 2.00. The van der Waals surface area contributed by atoms with Crippen LogP contribution in [-0.2, 0) is 11.4 Å². The van der Waals surface area contributed by atoms with Crippen molar-refractivity contribution in [1.29, 1.82) is 0 Å². The zero-order chi connectivity index (χ0) is 14.8. The van der Waals surface area contributed by atoms with E-state index in [-0.39, 0.29) is 5.70 Å². The number of hydrogen-bond donors (Lipinski definition) is 3. The highest BCUT2D eigenvalue weighted by atomic mass is 16.6. The molecule has 0 aliphatic heterocycles. The van der Waals surface area contributed by atoms with E-state index in [1.54, 1.807) is 6.92 Å². The third kappa shape index (κ3) is 5.94. The normalized spacial score (nSPS) is 11.4. The molecule has 0 fully saturated rings. The first-order valence-electron chi connectivity index (χ1n) is 5.91. The second kappa shape index (κ2) is 8.63. The van der Waals surface area contributed by atoms with E-state index in [2.05, 4.69) is 28.8 Å². The van der Waals surface area contributed by atoms with E-state index < -0.39 is 0 Å². The van der Waals surface area contributed by atoms with Gasteiger partial charge in [0.1, 0.15) is 0 Å². The Morgan fingerprint density at radius 1 is 1.35 bits per heavy atom. The van der Waals surface area contributed by atoms with Crippen LogP contribution >= 0.6 is 0 Å². The molecule has 1 rings (SSSR count). The van der Waals surface area contributed by atoms with Crippen LogP contribution in [0.1, 0.15) is 12.5 Å². The second-order valence-electron chi connectivity index (χ2n) is 3.92. The van der Waals surface area contributed by atoms with Crippen LogP contribution in [0.4, 0.5) is 0 Å². The number of nitrogens with one attached hydrogen (secondary N) is 2. The predicted octanol–water partition coefficient (Wildman–Crippen LogP) is 2.16. The maximum Gasteiger partial charge on any atom is 0.0996 e. The van der Waals surface area contributed by atoms with Gasteiger partial charge in [-0.25, -0.2) is 0 Å². The average Bonchev–Trinajstić information content (AvgIpc) is 2.47. The highest BCUT2D eigenvalue weighted by molar-refractivity contribution is 5.97. The molecule has 6 nitrogen and oxygen atoms in total. The Kier molecular flexibility index (Phi) is 6.74. The molecule has 0 saturated carbocycles. The lowest BCUT2D eigenvalue weighted by Crippen LogP contribution is -2.18. The van der Waals surface area contributed by atoms with E-state index in [0.29, 0.717) is 18.0 Å². The van der Waals surface area contributed by atoms with Gasteiger partial charge < -0.3 is 0 Å². The number of hydrogen-bond acceptors (Lipinski definition) is 6. The zero-order valence-corrected chi connectivity index (χ0v) is 11.3. The van der Waals surface area contributed by atoms with Crippen molar-refractivity contribution in [3.8, 4) is 0 Å². The van der Waals surface area contributed by atoms with Crippen LogP contribution < -0.4 is 11.0 Å². The van der Waals surface area contributed by atoms with Gasteiger partial charge in [0.15, 0.2) is 0 Å². The summed E-state index contributed by atoms with van der Waals surface area (Å²) in [4.78, 5) is 5.30. The molecular formula is C14H18N4O2. The number of rotatable bonds is 8. The Labute approximate surface area is 118 Å². The maximum atomic E-state index is 8.49. The van der Waals surface area contributed by atoms with E-state index in [0.717, 1.165) is 5.56 Å². The van der Waals surface area contributed by atoms with Gasteiger partial charge in [-0.1, -0.05) is 43.5 Å². The van der Waals surface area contributed by atoms with E-state index in [1.807, 2.05) is 35.8 Å². The molecule has 0 heterocycles. The molecule has 0 saturated heterocycles. The summed E-state index contributed by atoms with van der Waals surface area (Å²) >= 11 is 0. The van der Waals surface area contributed by atoms with Crippen molar-refractivity contribution in [2.24, 2.45) is 10.2 Å². The van der Waals surface area contributed by atoms with Crippen molar-refractivity contribution in [2.75, 3.05) is 0 Å². The van der Waals surface area contributed by atoms with Gasteiger partial charge in [-0.3, -0.25) is 21.0 Å². The highest BCUT2D eigenvalue weighted by Gasteiger charge is 1.98. The summed E-state index contributed by atoms with van der Waals surface area (Å²) in [6.45, 7) is 9.38. The topological polar surface area (TPSA) is 78.2 Å². The van der Waals surface area contributed by atoms with Crippen molar-refractivity contribution in [2.45, 2.75) is 13.5 Å². The van der Waals surface area contributed by atoms with E-state index >= 15 is 0 Å². The monoisotopic (exact) mass is 274 g/mol. The van der Waals surface area contributed by atoms with Crippen molar-refractivity contribution < 1.29 is 10.0 Å². The third-order valence-electron chi connectivity index (χ3n) is 2.28. The minimum absolute atomic E-state index is 0.237. The average molecular weight is 274 g/mol. The molecular weight excluding hydrogens is 256 g/mol. The van der Waals surface area contributed by atoms with Crippen LogP contribution in [0.25, 0.3) is 0 Å². The Morgan fingerprint density at radius 3 is 2.70 bits per heavy atom. The van der Waals surface area contributed by atoms with Gasteiger partial charge in [-0.2, -0.15) is 10.2 Å². The van der Waals surface area contributed by atoms with Gasteiger partial charge in [-0.15, -0.1) is 0 Å². The van der Waals surface area contributed by atoms with Gasteiger partial charge in [-0.05, 0) is 12.5 Å². The summed E-state index contributed by atoms with van der Waals surface area (Å²) < 4.78 is 0. The van der Waals surface area contributed by atoms with Gasteiger partial charge in [0, 0.05) is 0 Å². The summed E-state index contributed by atoms with van der Waals surface area (Å²) in [6.07, 6.45) is 1.28. The fourth-order valence-corrected chi connectivity index (χ4v) is 1.13. The number of nitrogens with zero attached hydrogens (tertiary/aromatic N) is 2. The Bertz CT molecular complexity index is 509. The molecule has 20 heavy (non-hydrogen) atoms. The first kappa shape index (κ1) is 15.6. The smallest absolute Gasteiger partial charge is 0.0996 e. The standard InChI is InChI=1S/C14H18N4O2/c1-11(17-19)9-15-16-12(2)13(3)18-20-10-14-7-5-4-6-8-14/h4-9,17-19H,1,3,10H2,2H3. The molecule has 0 bridgehead atoms. The zero-order valence-electron chi connectivity index (χ0n) is 11.3. The fourth-order valence-electron chi connectivity index (χ4n) is 1.13. The van der Waals surface area contributed by atoms with Crippen LogP contribution in [-0.4, -0.2) is 17.1 Å². The first-order chi connectivity index (χ1) is 9.63. The lowest BCUT2D eigenvalue weighted by Gasteiger charge is -2.08. The van der Waals surface area contributed by atoms with E-state index in [9.17, 15) is 0 Å². The molecule has 106 valence electrons. The van der Waals surface area contributed by atoms with Gasteiger partial charge in [0.2, 0.25) is 0 Å². The number of allylic oxidation sites excluding steroid dienone is 2. The Balaban J connectivity index is 2.36. The third-order valence-corrected chi connectivity index (χ3v) is 2.28. The summed E-state index contributed by atoms with van der Waals surface area (Å²) in [5, 5.41) is 16.1. The van der Waals surface area contributed by atoms with Crippen LogP contribution in [0.3, 0.4) is 0 Å². The van der Waals surface area contributed by atoms with Crippen LogP contribution in [0, 0.1) is 0 Å². The lowest BCUT2D eigenvalue weighted by atomic mass is 10.2. The molecule has 6 heteroatoms. The molecule has 0 atom stereocenters. The van der Waals surface area contributed by atoms with Gasteiger partial charge >= 0.3 is 0 Å². The second-order valence-corrected chi connectivity index (χ2v) is 3.92. The summed E-state index contributed by atoms with van der Waals surface area (Å²) in [7, 11) is 0. The van der Waals surface area contributed by atoms with Crippen LogP contribution in [0.2, 0.25) is 0 Å². The molecule has 0 aliphatic rings. The van der Waals surface area contributed by atoms with E-state index in [1.165, 1.54) is 6.21 Å². The van der Waals surface area contributed by atoms with Gasteiger partial charge in [0.05, 0.1) is 29.9 Å². The molecule has 1 aromatic rings. The van der Waals surface area contributed by atoms with Gasteiger partial charge in [0.25, 0.3) is 0 Å². The summed E-state index contributed by atoms with van der Waals surface area (Å²) in [5.41, 5.74) is 6.88. The molecule has 1 aromatic carbocycles. The first-order valence-corrected chi connectivity index (χ1v) is 5.91. The largest absolute Gasteiger partial charge is 0.291 e. The van der Waals surface area contributed by atoms with Crippen molar-refractivity contribution in [3.05, 3.63) is 60.4 Å². The lowest BCUT2D eigenvalue weighted by molar-refractivity contribution is 0.0534. The predicted molar refractivity (Wildman–Crippen MR) is 79.2 cm³/mol. The van der Waals surface area contributed by atoms with Crippen molar-refractivity contribution >= 4 is 11.9 Å². The molecule has 0 amide bonds. The Morgan fingerprint density at radius 2 is 2.05 bits per heavy atom. The minimum atomic E-state index is 0.237. The summed E-state index contributed by atoms with van der Waals surface area (Å²) in [6, 6.07) is 9.75. The maximum absolute atomic E-state index is 8.49. The molecule has 3 N–H and O–H groups in total. The molecule has 0 aromatic heterocycles. The van der Waals surface area contributed by atoms with Crippen LogP contribution in [0.5, 0.6) is 0 Å². The minimum Gasteiger partial charge on any atom is -0.291 e. The molecule has 0 radical (unpaired) electrons.